The maximum absolute atomic E-state index is 12.9. The molecule has 1 fully saturated rings. The van der Waals surface area contributed by atoms with E-state index in [4.69, 9.17) is 9.47 Å². The number of amides is 1. The highest BCUT2D eigenvalue weighted by Crippen LogP contribution is 2.40. The fraction of sp³-hybridized carbons (Fsp3) is 0.308. The Morgan fingerprint density at radius 2 is 1.83 bits per heavy atom. The standard InChI is InChI=1S/C26H26N4O6/c1-35-23-9-7-19(12-24(23)36-2)27-26(32)17-6-8-21(22(11-17)30(33)34)28-13-16-10-18(15-28)20-4-3-5-25(31)29(20)14-16/h3-9,11-12,16,18H,10,13-15H2,1-2H3,(H,27,32). The van der Waals surface area contributed by atoms with Crippen molar-refractivity contribution in [1.82, 2.24) is 4.57 Å². The highest BCUT2D eigenvalue weighted by molar-refractivity contribution is 6.05. The summed E-state index contributed by atoms with van der Waals surface area (Å²) < 4.78 is 12.3. The summed E-state index contributed by atoms with van der Waals surface area (Å²) >= 11 is 0. The Morgan fingerprint density at radius 1 is 1.03 bits per heavy atom. The summed E-state index contributed by atoms with van der Waals surface area (Å²) in [6.45, 7) is 1.77. The van der Waals surface area contributed by atoms with E-state index in [2.05, 4.69) is 5.32 Å². The molecule has 1 N–H and O–H groups in total. The third-order valence-electron chi connectivity index (χ3n) is 6.90. The van der Waals surface area contributed by atoms with Crippen molar-refractivity contribution in [2.75, 3.05) is 37.5 Å². The van der Waals surface area contributed by atoms with Crippen LogP contribution in [0.2, 0.25) is 0 Å². The summed E-state index contributed by atoms with van der Waals surface area (Å²) in [6, 6.07) is 14.8. The van der Waals surface area contributed by atoms with Crippen molar-refractivity contribution < 1.29 is 19.2 Å². The molecule has 1 amide bonds. The lowest BCUT2D eigenvalue weighted by Crippen LogP contribution is -2.47. The van der Waals surface area contributed by atoms with Crippen LogP contribution in [0.4, 0.5) is 17.1 Å². The van der Waals surface area contributed by atoms with Crippen LogP contribution in [0.1, 0.15) is 28.4 Å². The minimum absolute atomic E-state index is 0.00789. The van der Waals surface area contributed by atoms with E-state index in [1.165, 1.54) is 20.3 Å². The van der Waals surface area contributed by atoms with E-state index in [-0.39, 0.29) is 28.6 Å². The fourth-order valence-corrected chi connectivity index (χ4v) is 5.29. The van der Waals surface area contributed by atoms with Crippen LogP contribution in [0, 0.1) is 16.0 Å². The van der Waals surface area contributed by atoms with Crippen LogP contribution in [0.15, 0.2) is 59.4 Å². The first-order valence-corrected chi connectivity index (χ1v) is 11.6. The molecule has 0 aliphatic carbocycles. The first-order valence-electron chi connectivity index (χ1n) is 11.6. The Labute approximate surface area is 207 Å². The summed E-state index contributed by atoms with van der Waals surface area (Å²) in [6.07, 6.45) is 0.944. The van der Waals surface area contributed by atoms with Gasteiger partial charge in [0.05, 0.1) is 19.1 Å². The Balaban J connectivity index is 1.40. The lowest BCUT2D eigenvalue weighted by atomic mass is 9.83. The predicted molar refractivity (Wildman–Crippen MR) is 134 cm³/mol. The van der Waals surface area contributed by atoms with Crippen molar-refractivity contribution >= 4 is 23.0 Å². The molecule has 0 radical (unpaired) electrons. The van der Waals surface area contributed by atoms with Gasteiger partial charge < -0.3 is 24.3 Å². The normalized spacial score (nSPS) is 18.2. The summed E-state index contributed by atoms with van der Waals surface area (Å²) in [5, 5.41) is 14.8. The number of aromatic nitrogens is 1. The Kier molecular flexibility index (Phi) is 6.09. The second-order valence-corrected chi connectivity index (χ2v) is 9.09. The van der Waals surface area contributed by atoms with Crippen LogP contribution in [0.5, 0.6) is 11.5 Å². The molecule has 2 aliphatic heterocycles. The van der Waals surface area contributed by atoms with Crippen molar-refractivity contribution in [2.24, 2.45) is 5.92 Å². The molecule has 36 heavy (non-hydrogen) atoms. The summed E-state index contributed by atoms with van der Waals surface area (Å²) in [5.41, 5.74) is 1.96. The number of carbonyl (C=O) groups is 1. The van der Waals surface area contributed by atoms with E-state index in [0.717, 1.165) is 12.1 Å². The van der Waals surface area contributed by atoms with E-state index in [1.807, 2.05) is 15.5 Å². The van der Waals surface area contributed by atoms with Crippen LogP contribution in [0.3, 0.4) is 0 Å². The molecule has 2 aliphatic rings. The lowest BCUT2D eigenvalue weighted by molar-refractivity contribution is -0.384. The predicted octanol–water partition coefficient (Wildman–Crippen LogP) is 3.65. The topological polar surface area (TPSA) is 116 Å². The highest BCUT2D eigenvalue weighted by Gasteiger charge is 2.36. The third kappa shape index (κ3) is 4.26. The number of anilines is 2. The van der Waals surface area contributed by atoms with Gasteiger partial charge in [-0.25, -0.2) is 0 Å². The Bertz CT molecular complexity index is 1400. The summed E-state index contributed by atoms with van der Waals surface area (Å²) in [5.74, 6) is 0.828. The van der Waals surface area contributed by atoms with Crippen LogP contribution < -0.4 is 25.2 Å². The molecule has 186 valence electrons. The molecule has 2 aromatic carbocycles. The molecule has 0 spiro atoms. The van der Waals surface area contributed by atoms with Crippen molar-refractivity contribution in [3.05, 3.63) is 86.3 Å². The number of nitro benzene ring substituents is 1. The Hall–Kier alpha value is -4.34. The number of nitro groups is 1. The largest absolute Gasteiger partial charge is 0.493 e. The van der Waals surface area contributed by atoms with Gasteiger partial charge in [-0.1, -0.05) is 6.07 Å². The number of rotatable bonds is 6. The second-order valence-electron chi connectivity index (χ2n) is 9.09. The molecule has 2 atom stereocenters. The summed E-state index contributed by atoms with van der Waals surface area (Å²) in [4.78, 5) is 38.8. The number of fused-ring (bicyclic) bond motifs is 4. The lowest BCUT2D eigenvalue weighted by Gasteiger charge is -2.43. The number of nitrogens with one attached hydrogen (secondary N) is 1. The molecule has 3 heterocycles. The number of piperidine rings is 1. The number of carbonyl (C=O) groups excluding carboxylic acids is 1. The van der Waals surface area contributed by atoms with Crippen molar-refractivity contribution in [3.63, 3.8) is 0 Å². The minimum Gasteiger partial charge on any atom is -0.493 e. The van der Waals surface area contributed by atoms with Crippen molar-refractivity contribution in [1.29, 1.82) is 0 Å². The zero-order chi connectivity index (χ0) is 25.4. The van der Waals surface area contributed by atoms with Crippen LogP contribution in [-0.2, 0) is 6.54 Å². The average Bonchev–Trinajstić information content (AvgIpc) is 2.88. The smallest absolute Gasteiger partial charge is 0.293 e. The number of pyridine rings is 1. The van der Waals surface area contributed by atoms with Gasteiger partial charge in [-0.15, -0.1) is 0 Å². The quantitative estimate of drug-likeness (QED) is 0.414. The molecule has 1 saturated heterocycles. The minimum atomic E-state index is -0.472. The van der Waals surface area contributed by atoms with Gasteiger partial charge in [0.1, 0.15) is 5.69 Å². The zero-order valence-electron chi connectivity index (χ0n) is 20.0. The molecular formula is C26H26N4O6. The monoisotopic (exact) mass is 490 g/mol. The first kappa shape index (κ1) is 23.4. The van der Waals surface area contributed by atoms with Gasteiger partial charge in [0.15, 0.2) is 11.5 Å². The molecule has 2 bridgehead atoms. The van der Waals surface area contributed by atoms with Gasteiger partial charge >= 0.3 is 0 Å². The molecule has 0 saturated carbocycles. The van der Waals surface area contributed by atoms with Crippen LogP contribution >= 0.6 is 0 Å². The number of benzene rings is 2. The fourth-order valence-electron chi connectivity index (χ4n) is 5.29. The molecule has 10 nitrogen and oxygen atoms in total. The molecule has 3 aromatic rings. The van der Waals surface area contributed by atoms with Crippen molar-refractivity contribution in [3.8, 4) is 11.5 Å². The Morgan fingerprint density at radius 3 is 2.58 bits per heavy atom. The van der Waals surface area contributed by atoms with Gasteiger partial charge in [0.25, 0.3) is 17.2 Å². The van der Waals surface area contributed by atoms with E-state index in [9.17, 15) is 19.7 Å². The van der Waals surface area contributed by atoms with Crippen LogP contribution in [0.25, 0.3) is 0 Å². The number of hydrogen-bond donors (Lipinski definition) is 1. The number of methoxy groups -OCH3 is 2. The van der Waals surface area contributed by atoms with Gasteiger partial charge in [0, 0.05) is 60.7 Å². The average molecular weight is 491 g/mol. The van der Waals surface area contributed by atoms with Gasteiger partial charge in [0.2, 0.25) is 0 Å². The van der Waals surface area contributed by atoms with E-state index in [0.29, 0.717) is 42.5 Å². The zero-order valence-corrected chi connectivity index (χ0v) is 20.0. The maximum atomic E-state index is 12.9. The molecule has 10 heteroatoms. The van der Waals surface area contributed by atoms with Crippen LogP contribution in [-0.4, -0.2) is 42.7 Å². The van der Waals surface area contributed by atoms with Gasteiger partial charge in [-0.05, 0) is 42.7 Å². The SMILES string of the molecule is COc1ccc(NC(=O)c2ccc(N3CC4CC(C3)c3cccc(=O)n3C4)c([N+](=O)[O-])c2)cc1OC. The number of nitrogens with zero attached hydrogens (tertiary/aromatic N) is 3. The molecular weight excluding hydrogens is 464 g/mol. The van der Waals surface area contributed by atoms with Crippen molar-refractivity contribution in [2.45, 2.75) is 18.9 Å². The van der Waals surface area contributed by atoms with E-state index < -0.39 is 10.8 Å². The molecule has 1 aromatic heterocycles. The maximum Gasteiger partial charge on any atom is 0.293 e. The second kappa shape index (κ2) is 9.37. The number of hydrogen-bond acceptors (Lipinski definition) is 7. The molecule has 5 rings (SSSR count). The molecule has 2 unspecified atom stereocenters. The first-order chi connectivity index (χ1) is 17.4. The summed E-state index contributed by atoms with van der Waals surface area (Å²) in [7, 11) is 3.02. The van der Waals surface area contributed by atoms with E-state index in [1.54, 1.807) is 42.5 Å². The third-order valence-corrected chi connectivity index (χ3v) is 6.90. The number of ether oxygens (including phenoxy) is 2. The highest BCUT2D eigenvalue weighted by atomic mass is 16.6. The van der Waals surface area contributed by atoms with Gasteiger partial charge in [-0.3, -0.25) is 19.7 Å². The van der Waals surface area contributed by atoms with Gasteiger partial charge in [-0.2, -0.15) is 0 Å². The van der Waals surface area contributed by atoms with E-state index >= 15 is 0 Å².